The summed E-state index contributed by atoms with van der Waals surface area (Å²) in [6.07, 6.45) is 2.83. The van der Waals surface area contributed by atoms with Crippen molar-refractivity contribution in [3.63, 3.8) is 0 Å². The van der Waals surface area contributed by atoms with Gasteiger partial charge < -0.3 is 5.32 Å². The molecule has 2 unspecified atom stereocenters. The normalized spacial score (nSPS) is 21.4. The minimum absolute atomic E-state index is 0.0326. The fraction of sp³-hybridized carbons (Fsp3) is 0.667. The van der Waals surface area contributed by atoms with Crippen molar-refractivity contribution in [2.45, 2.75) is 37.3 Å². The molecule has 1 amide bonds. The molecule has 4 nitrogen and oxygen atoms in total. The Labute approximate surface area is 133 Å². The highest BCUT2D eigenvalue weighted by Gasteiger charge is 2.29. The third-order valence-electron chi connectivity index (χ3n) is 3.68. The number of carbonyl (C=O) groups is 1. The van der Waals surface area contributed by atoms with Crippen LogP contribution in [0.2, 0.25) is 0 Å². The van der Waals surface area contributed by atoms with Crippen molar-refractivity contribution in [2.75, 3.05) is 19.6 Å². The highest BCUT2D eigenvalue weighted by Crippen LogP contribution is 2.23. The number of thiophene rings is 1. The van der Waals surface area contributed by atoms with Crippen LogP contribution in [0, 0.1) is 11.8 Å². The molecule has 2 atom stereocenters. The summed E-state index contributed by atoms with van der Waals surface area (Å²) in [7, 11) is -1.12. The summed E-state index contributed by atoms with van der Waals surface area (Å²) < 4.78 is 15.3. The molecule has 0 aromatic carbocycles. The molecule has 21 heavy (non-hydrogen) atoms. The van der Waals surface area contributed by atoms with Crippen LogP contribution >= 0.6 is 11.3 Å². The Kier molecular flexibility index (Phi) is 6.39. The lowest BCUT2D eigenvalue weighted by atomic mass is 9.98. The van der Waals surface area contributed by atoms with Gasteiger partial charge in [0.2, 0.25) is 5.91 Å². The fourth-order valence-electron chi connectivity index (χ4n) is 2.43. The molecule has 1 N–H and O–H groups in total. The van der Waals surface area contributed by atoms with E-state index in [1.807, 2.05) is 21.8 Å². The van der Waals surface area contributed by atoms with Gasteiger partial charge in [0.25, 0.3) is 0 Å². The van der Waals surface area contributed by atoms with E-state index in [9.17, 15) is 9.00 Å². The molecule has 1 aliphatic heterocycles. The zero-order valence-corrected chi connectivity index (χ0v) is 14.3. The van der Waals surface area contributed by atoms with Crippen LogP contribution in [0.5, 0.6) is 0 Å². The third kappa shape index (κ3) is 4.90. The topological polar surface area (TPSA) is 49.4 Å². The van der Waals surface area contributed by atoms with Crippen LogP contribution in [0.1, 0.15) is 33.1 Å². The molecule has 1 aromatic heterocycles. The van der Waals surface area contributed by atoms with Crippen molar-refractivity contribution >= 4 is 28.2 Å². The van der Waals surface area contributed by atoms with Crippen molar-refractivity contribution in [1.82, 2.24) is 9.62 Å². The molecule has 1 saturated heterocycles. The first-order valence-corrected chi connectivity index (χ1v) is 9.54. The zero-order chi connectivity index (χ0) is 15.2. The second-order valence-corrected chi connectivity index (χ2v) is 8.54. The fourth-order valence-corrected chi connectivity index (χ4v) is 4.75. The Balaban J connectivity index is 1.85. The Bertz CT molecular complexity index is 474. The van der Waals surface area contributed by atoms with Crippen LogP contribution in [0.3, 0.4) is 0 Å². The van der Waals surface area contributed by atoms with E-state index in [0.717, 1.165) is 36.6 Å². The van der Waals surface area contributed by atoms with Gasteiger partial charge in [-0.05, 0) is 36.6 Å². The SMILES string of the molecule is CC(C)CCNC(=O)C1CCCN(S(=O)c2cccs2)C1. The number of amides is 1. The summed E-state index contributed by atoms with van der Waals surface area (Å²) in [5, 5.41) is 4.95. The predicted molar refractivity (Wildman–Crippen MR) is 87.5 cm³/mol. The van der Waals surface area contributed by atoms with E-state index < -0.39 is 11.0 Å². The Hall–Kier alpha value is -0.720. The molecule has 0 radical (unpaired) electrons. The first-order chi connectivity index (χ1) is 10.1. The maximum Gasteiger partial charge on any atom is 0.224 e. The van der Waals surface area contributed by atoms with Gasteiger partial charge in [-0.25, -0.2) is 8.51 Å². The quantitative estimate of drug-likeness (QED) is 0.873. The predicted octanol–water partition coefficient (Wildman–Crippen LogP) is 2.65. The summed E-state index contributed by atoms with van der Waals surface area (Å²) in [5.41, 5.74) is 0. The highest BCUT2D eigenvalue weighted by atomic mass is 32.2. The molecule has 1 fully saturated rings. The van der Waals surface area contributed by atoms with Gasteiger partial charge >= 0.3 is 0 Å². The van der Waals surface area contributed by atoms with Crippen molar-refractivity contribution < 1.29 is 9.00 Å². The summed E-state index contributed by atoms with van der Waals surface area (Å²) in [5.74, 6) is 0.679. The van der Waals surface area contributed by atoms with Crippen molar-refractivity contribution in [2.24, 2.45) is 11.8 Å². The van der Waals surface area contributed by atoms with Gasteiger partial charge in [0.15, 0.2) is 0 Å². The smallest absolute Gasteiger partial charge is 0.224 e. The van der Waals surface area contributed by atoms with E-state index in [-0.39, 0.29) is 11.8 Å². The maximum absolute atomic E-state index is 12.4. The monoisotopic (exact) mass is 328 g/mol. The first kappa shape index (κ1) is 16.6. The number of hydrogen-bond acceptors (Lipinski definition) is 3. The molecule has 0 aliphatic carbocycles. The van der Waals surface area contributed by atoms with Crippen molar-refractivity contribution in [1.29, 1.82) is 0 Å². The van der Waals surface area contributed by atoms with Gasteiger partial charge in [0, 0.05) is 19.6 Å². The van der Waals surface area contributed by atoms with Crippen molar-refractivity contribution in [3.8, 4) is 0 Å². The maximum atomic E-state index is 12.4. The number of hydrogen-bond donors (Lipinski definition) is 1. The van der Waals surface area contributed by atoms with Crippen LogP contribution in [-0.2, 0) is 15.8 Å². The van der Waals surface area contributed by atoms with Gasteiger partial charge in [0.05, 0.1) is 5.92 Å². The summed E-state index contributed by atoms with van der Waals surface area (Å²) >= 11 is 1.51. The van der Waals surface area contributed by atoms with E-state index in [1.54, 1.807) is 0 Å². The molecule has 1 aromatic rings. The van der Waals surface area contributed by atoms with Gasteiger partial charge in [-0.3, -0.25) is 4.79 Å². The number of carbonyl (C=O) groups excluding carboxylic acids is 1. The van der Waals surface area contributed by atoms with E-state index in [2.05, 4.69) is 19.2 Å². The molecule has 2 rings (SSSR count). The van der Waals surface area contributed by atoms with E-state index in [1.165, 1.54) is 11.3 Å². The summed E-state index contributed by atoms with van der Waals surface area (Å²) in [6, 6.07) is 3.81. The standard InChI is InChI=1S/C15H24N2O2S2/c1-12(2)7-8-16-15(18)13-5-3-9-17(11-13)21(19)14-6-4-10-20-14/h4,6,10,12-13H,3,5,7-9,11H2,1-2H3,(H,16,18). The van der Waals surface area contributed by atoms with E-state index in [0.29, 0.717) is 12.5 Å². The molecule has 6 heteroatoms. The average Bonchev–Trinajstić information content (AvgIpc) is 3.00. The molecule has 1 aliphatic rings. The molecular formula is C15H24N2O2S2. The van der Waals surface area contributed by atoms with Gasteiger partial charge in [-0.2, -0.15) is 0 Å². The van der Waals surface area contributed by atoms with Crippen LogP contribution in [0.15, 0.2) is 21.7 Å². The second kappa shape index (κ2) is 8.06. The van der Waals surface area contributed by atoms with E-state index in [4.69, 9.17) is 0 Å². The number of nitrogens with one attached hydrogen (secondary N) is 1. The third-order valence-corrected chi connectivity index (χ3v) is 6.34. The molecular weight excluding hydrogens is 304 g/mol. The zero-order valence-electron chi connectivity index (χ0n) is 12.7. The minimum atomic E-state index is -1.12. The number of nitrogens with zero attached hydrogens (tertiary/aromatic N) is 1. The molecule has 0 bridgehead atoms. The Morgan fingerprint density at radius 3 is 3.05 bits per heavy atom. The lowest BCUT2D eigenvalue weighted by Crippen LogP contribution is -2.43. The van der Waals surface area contributed by atoms with Gasteiger partial charge in [-0.1, -0.05) is 19.9 Å². The van der Waals surface area contributed by atoms with Crippen molar-refractivity contribution in [3.05, 3.63) is 17.5 Å². The number of rotatable bonds is 6. The first-order valence-electron chi connectivity index (χ1n) is 7.56. The molecule has 0 saturated carbocycles. The molecule has 2 heterocycles. The van der Waals surface area contributed by atoms with Crippen LogP contribution in [0.4, 0.5) is 0 Å². The summed E-state index contributed by atoms with van der Waals surface area (Å²) in [6.45, 7) is 6.44. The number of piperidine rings is 1. The minimum Gasteiger partial charge on any atom is -0.356 e. The van der Waals surface area contributed by atoms with Crippen LogP contribution < -0.4 is 5.32 Å². The molecule has 0 spiro atoms. The summed E-state index contributed by atoms with van der Waals surface area (Å²) in [4.78, 5) is 12.2. The largest absolute Gasteiger partial charge is 0.356 e. The Morgan fingerprint density at radius 2 is 2.38 bits per heavy atom. The van der Waals surface area contributed by atoms with E-state index >= 15 is 0 Å². The molecule has 118 valence electrons. The lowest BCUT2D eigenvalue weighted by Gasteiger charge is -2.30. The van der Waals surface area contributed by atoms with Gasteiger partial charge in [0.1, 0.15) is 15.2 Å². The highest BCUT2D eigenvalue weighted by molar-refractivity contribution is 7.85. The van der Waals surface area contributed by atoms with Crippen LogP contribution in [-0.4, -0.2) is 34.1 Å². The lowest BCUT2D eigenvalue weighted by molar-refractivity contribution is -0.126. The average molecular weight is 329 g/mol. The van der Waals surface area contributed by atoms with Gasteiger partial charge in [-0.15, -0.1) is 11.3 Å². The Morgan fingerprint density at radius 1 is 1.57 bits per heavy atom. The van der Waals surface area contributed by atoms with Crippen LogP contribution in [0.25, 0.3) is 0 Å². The second-order valence-electron chi connectivity index (χ2n) is 5.88.